The molecule has 3 heteroatoms. The van der Waals surface area contributed by atoms with E-state index in [-0.39, 0.29) is 0 Å². The Morgan fingerprint density at radius 2 is 2.15 bits per heavy atom. The molecule has 2 nitrogen and oxygen atoms in total. The highest BCUT2D eigenvalue weighted by Gasteiger charge is 2.10. The maximum absolute atomic E-state index is 4.39. The van der Waals surface area contributed by atoms with Gasteiger partial charge in [-0.05, 0) is 12.1 Å². The quantitative estimate of drug-likeness (QED) is 0.533. The molecule has 70 valence electrons. The topological polar surface area (TPSA) is 25.2 Å². The molecule has 0 spiro atoms. The fraction of sp³-hybridized carbons (Fsp3) is 0.400. The summed E-state index contributed by atoms with van der Waals surface area (Å²) in [5.74, 6) is 0. The van der Waals surface area contributed by atoms with Crippen molar-refractivity contribution in [3.63, 3.8) is 0 Å². The van der Waals surface area contributed by atoms with Gasteiger partial charge in [-0.15, -0.1) is 0 Å². The van der Waals surface area contributed by atoms with E-state index in [0.29, 0.717) is 0 Å². The van der Waals surface area contributed by atoms with Crippen molar-refractivity contribution < 1.29 is 0 Å². The molecule has 0 aromatic carbocycles. The van der Waals surface area contributed by atoms with Crippen molar-refractivity contribution in [1.82, 2.24) is 4.98 Å². The third-order valence-electron chi connectivity index (χ3n) is 1.48. The lowest BCUT2D eigenvalue weighted by molar-refractivity contribution is 1.26. The normalized spacial score (nSPS) is 12.2. The summed E-state index contributed by atoms with van der Waals surface area (Å²) in [4.78, 5) is 8.55. The number of hydrogen-bond donors (Lipinski definition) is 0. The molecule has 0 radical (unpaired) electrons. The number of aromatic nitrogens is 1. The van der Waals surface area contributed by atoms with E-state index in [2.05, 4.69) is 29.6 Å². The molecule has 0 bridgehead atoms. The fourth-order valence-electron chi connectivity index (χ4n) is 0.865. The van der Waals surface area contributed by atoms with Crippen LogP contribution in [0.5, 0.6) is 0 Å². The van der Waals surface area contributed by atoms with Crippen LogP contribution < -0.4 is 0 Å². The Kier molecular flexibility index (Phi) is 3.37. The van der Waals surface area contributed by atoms with E-state index in [1.807, 2.05) is 24.4 Å². The highest BCUT2D eigenvalue weighted by molar-refractivity contribution is 6.76. The lowest BCUT2D eigenvalue weighted by atomic mass is 10.4. The van der Waals surface area contributed by atoms with Crippen LogP contribution in [0.3, 0.4) is 0 Å². The van der Waals surface area contributed by atoms with Gasteiger partial charge in [0.25, 0.3) is 0 Å². The Balaban J connectivity index is 2.51. The van der Waals surface area contributed by atoms with E-state index in [0.717, 1.165) is 11.9 Å². The highest BCUT2D eigenvalue weighted by Crippen LogP contribution is 2.00. The molecule has 0 aliphatic rings. The molecule has 0 aliphatic heterocycles. The Labute approximate surface area is 80.8 Å². The molecule has 1 aromatic heterocycles. The summed E-state index contributed by atoms with van der Waals surface area (Å²) in [5.41, 5.74) is 0.945. The molecule has 1 heterocycles. The molecule has 0 aliphatic carbocycles. The second kappa shape index (κ2) is 4.32. The highest BCUT2D eigenvalue weighted by atomic mass is 28.3. The van der Waals surface area contributed by atoms with Gasteiger partial charge in [0.05, 0.1) is 13.8 Å². The van der Waals surface area contributed by atoms with Gasteiger partial charge in [0.2, 0.25) is 0 Å². The van der Waals surface area contributed by atoms with E-state index in [1.165, 1.54) is 0 Å². The van der Waals surface area contributed by atoms with Gasteiger partial charge in [-0.1, -0.05) is 25.7 Å². The van der Waals surface area contributed by atoms with Crippen LogP contribution in [0.4, 0.5) is 0 Å². The van der Waals surface area contributed by atoms with Crippen molar-refractivity contribution in [3.05, 3.63) is 30.1 Å². The number of hydrogen-bond acceptors (Lipinski definition) is 2. The van der Waals surface area contributed by atoms with Crippen LogP contribution in [-0.4, -0.2) is 25.4 Å². The Morgan fingerprint density at radius 3 is 2.69 bits per heavy atom. The SMILES string of the molecule is C[Si](C)(C)C/N=C/c1ccccn1. The number of pyridine rings is 1. The zero-order chi connectivity index (χ0) is 9.73. The first kappa shape index (κ1) is 10.1. The standard InChI is InChI=1S/C10H16N2Si/c1-13(2,3)9-11-8-10-6-4-5-7-12-10/h4-8H,9H2,1-3H3/b11-8+. The van der Waals surface area contributed by atoms with Crippen LogP contribution >= 0.6 is 0 Å². The van der Waals surface area contributed by atoms with Crippen LogP contribution in [0.2, 0.25) is 19.6 Å². The molecule has 0 saturated heterocycles. The Bertz CT molecular complexity index is 275. The smallest absolute Gasteiger partial charge is 0.0807 e. The largest absolute Gasteiger partial charge is 0.294 e. The summed E-state index contributed by atoms with van der Waals surface area (Å²) < 4.78 is 0. The minimum atomic E-state index is -1.04. The zero-order valence-electron chi connectivity index (χ0n) is 8.49. The molecule has 1 aromatic rings. The molecule has 13 heavy (non-hydrogen) atoms. The Hall–Kier alpha value is -0.963. The van der Waals surface area contributed by atoms with Gasteiger partial charge in [-0.25, -0.2) is 0 Å². The van der Waals surface area contributed by atoms with E-state index < -0.39 is 8.07 Å². The van der Waals surface area contributed by atoms with Crippen molar-refractivity contribution in [2.75, 3.05) is 6.17 Å². The number of aliphatic imine (C=N–C) groups is 1. The molecule has 0 N–H and O–H groups in total. The van der Waals surface area contributed by atoms with E-state index >= 15 is 0 Å². The molecule has 0 unspecified atom stereocenters. The monoisotopic (exact) mass is 192 g/mol. The predicted molar refractivity (Wildman–Crippen MR) is 60.0 cm³/mol. The maximum Gasteiger partial charge on any atom is 0.0807 e. The molecule has 0 fully saturated rings. The van der Waals surface area contributed by atoms with Crippen molar-refractivity contribution in [3.8, 4) is 0 Å². The van der Waals surface area contributed by atoms with Crippen molar-refractivity contribution >= 4 is 14.3 Å². The van der Waals surface area contributed by atoms with Gasteiger partial charge in [-0.2, -0.15) is 0 Å². The molecule has 0 saturated carbocycles. The van der Waals surface area contributed by atoms with Gasteiger partial charge in [0.1, 0.15) is 0 Å². The third kappa shape index (κ3) is 4.57. The Morgan fingerprint density at radius 1 is 1.38 bits per heavy atom. The van der Waals surface area contributed by atoms with Crippen molar-refractivity contribution in [2.24, 2.45) is 4.99 Å². The minimum Gasteiger partial charge on any atom is -0.294 e. The van der Waals surface area contributed by atoms with Crippen LogP contribution in [-0.2, 0) is 0 Å². The summed E-state index contributed by atoms with van der Waals surface area (Å²) in [6, 6.07) is 5.85. The second-order valence-electron chi connectivity index (χ2n) is 4.29. The number of nitrogens with zero attached hydrogens (tertiary/aromatic N) is 2. The van der Waals surface area contributed by atoms with Crippen LogP contribution in [0.15, 0.2) is 29.4 Å². The third-order valence-corrected chi connectivity index (χ3v) is 2.61. The van der Waals surface area contributed by atoms with Gasteiger partial charge in [-0.3, -0.25) is 9.98 Å². The average molecular weight is 192 g/mol. The summed E-state index contributed by atoms with van der Waals surface area (Å²) >= 11 is 0. The van der Waals surface area contributed by atoms with Crippen LogP contribution in [0.1, 0.15) is 5.69 Å². The number of rotatable bonds is 3. The van der Waals surface area contributed by atoms with E-state index in [4.69, 9.17) is 0 Å². The molecule has 0 atom stereocenters. The first-order valence-corrected chi connectivity index (χ1v) is 8.19. The van der Waals surface area contributed by atoms with Gasteiger partial charge in [0, 0.05) is 18.6 Å². The first-order valence-electron chi connectivity index (χ1n) is 4.49. The summed E-state index contributed by atoms with van der Waals surface area (Å²) in [7, 11) is -1.04. The molecule has 0 amide bonds. The first-order chi connectivity index (χ1) is 6.08. The van der Waals surface area contributed by atoms with Gasteiger partial charge >= 0.3 is 0 Å². The minimum absolute atomic E-state index is 0.945. The van der Waals surface area contributed by atoms with Crippen molar-refractivity contribution in [2.45, 2.75) is 19.6 Å². The van der Waals surface area contributed by atoms with E-state index in [1.54, 1.807) is 6.20 Å². The second-order valence-corrected chi connectivity index (χ2v) is 9.72. The summed E-state index contributed by atoms with van der Waals surface area (Å²) in [6.07, 6.45) is 4.62. The molecular formula is C10H16N2Si. The molecule has 1 rings (SSSR count). The van der Waals surface area contributed by atoms with Gasteiger partial charge in [0.15, 0.2) is 0 Å². The fourth-order valence-corrected chi connectivity index (χ4v) is 1.50. The summed E-state index contributed by atoms with van der Waals surface area (Å²) in [5, 5.41) is 0. The van der Waals surface area contributed by atoms with Crippen LogP contribution in [0.25, 0.3) is 0 Å². The maximum atomic E-state index is 4.39. The van der Waals surface area contributed by atoms with E-state index in [9.17, 15) is 0 Å². The lowest BCUT2D eigenvalue weighted by Crippen LogP contribution is -2.24. The van der Waals surface area contributed by atoms with Crippen molar-refractivity contribution in [1.29, 1.82) is 0 Å². The van der Waals surface area contributed by atoms with Gasteiger partial charge < -0.3 is 0 Å². The zero-order valence-corrected chi connectivity index (χ0v) is 9.49. The van der Waals surface area contributed by atoms with Crippen LogP contribution in [0, 0.1) is 0 Å². The lowest BCUT2D eigenvalue weighted by Gasteiger charge is -2.10. The predicted octanol–water partition coefficient (Wildman–Crippen LogP) is 2.38. The molecular weight excluding hydrogens is 176 g/mol. The summed E-state index contributed by atoms with van der Waals surface area (Å²) in [6.45, 7) is 6.92. The average Bonchev–Trinajstić information content (AvgIpc) is 2.04.